The van der Waals surface area contributed by atoms with Gasteiger partial charge in [0.2, 0.25) is 0 Å². The van der Waals surface area contributed by atoms with Gasteiger partial charge in [-0.3, -0.25) is 4.90 Å². The Morgan fingerprint density at radius 3 is 2.82 bits per heavy atom. The lowest BCUT2D eigenvalue weighted by Crippen LogP contribution is -2.50. The molecule has 0 spiro atoms. The molecule has 0 aromatic rings. The first kappa shape index (κ1) is 16.5. The van der Waals surface area contributed by atoms with Crippen LogP contribution in [-0.2, 0) is 0 Å². The Morgan fingerprint density at radius 2 is 2.09 bits per heavy atom. The van der Waals surface area contributed by atoms with Crippen molar-refractivity contribution in [3.05, 3.63) is 23.3 Å². The lowest BCUT2D eigenvalue weighted by atomic mass is 9.91. The summed E-state index contributed by atoms with van der Waals surface area (Å²) in [6, 6.07) is 1.47. The number of nitrogens with one attached hydrogen (secondary N) is 1. The number of likely N-dealkylation sites (N-methyl/N-ethyl adjacent to an activating group) is 1. The molecule has 3 rings (SSSR count). The topological polar surface area (TPSA) is 18.5 Å². The highest BCUT2D eigenvalue weighted by Gasteiger charge is 2.31. The maximum atomic E-state index is 6.07. The van der Waals surface area contributed by atoms with Gasteiger partial charge >= 0.3 is 0 Å². The molecule has 0 aromatic heterocycles. The standard InChI is InChI=1S/C18H30ClN3/c1-21-11-2-12-22(17-7-9-20-10-8-17)18(14-21)13-15-3-5-16(19)6-4-15/h3,5-6,15,17-18,20H,2,4,7-14H2,1H3. The summed E-state index contributed by atoms with van der Waals surface area (Å²) >= 11 is 6.07. The third-order valence-corrected chi connectivity index (χ3v) is 5.72. The Morgan fingerprint density at radius 1 is 1.27 bits per heavy atom. The summed E-state index contributed by atoms with van der Waals surface area (Å²) in [5.74, 6) is 0.656. The minimum Gasteiger partial charge on any atom is -0.317 e. The second-order valence-corrected chi connectivity index (χ2v) is 7.60. The fourth-order valence-corrected chi connectivity index (χ4v) is 4.42. The number of hydrogen-bond donors (Lipinski definition) is 1. The van der Waals surface area contributed by atoms with Crippen molar-refractivity contribution in [2.45, 2.75) is 44.2 Å². The monoisotopic (exact) mass is 323 g/mol. The van der Waals surface area contributed by atoms with Gasteiger partial charge in [0.05, 0.1) is 0 Å². The van der Waals surface area contributed by atoms with E-state index < -0.39 is 0 Å². The smallest absolute Gasteiger partial charge is 0.0363 e. The Kier molecular flexibility index (Phi) is 5.97. The Labute approximate surface area is 140 Å². The van der Waals surface area contributed by atoms with E-state index >= 15 is 0 Å². The fourth-order valence-electron chi connectivity index (χ4n) is 4.25. The number of piperidine rings is 1. The Balaban J connectivity index is 1.66. The van der Waals surface area contributed by atoms with Crippen LogP contribution < -0.4 is 5.32 Å². The molecule has 3 aliphatic rings. The second kappa shape index (κ2) is 7.96. The summed E-state index contributed by atoms with van der Waals surface area (Å²) in [4.78, 5) is 5.37. The molecule has 2 aliphatic heterocycles. The average molecular weight is 324 g/mol. The molecule has 0 amide bonds. The van der Waals surface area contributed by atoms with Crippen LogP contribution >= 0.6 is 11.6 Å². The molecule has 1 aliphatic carbocycles. The van der Waals surface area contributed by atoms with Crippen LogP contribution in [-0.4, -0.2) is 61.7 Å². The van der Waals surface area contributed by atoms with Gasteiger partial charge in [0.15, 0.2) is 0 Å². The molecule has 0 aromatic carbocycles. The zero-order valence-corrected chi connectivity index (χ0v) is 14.6. The first-order chi connectivity index (χ1) is 10.7. The molecule has 0 bridgehead atoms. The van der Waals surface area contributed by atoms with Gasteiger partial charge in [0.25, 0.3) is 0 Å². The Hall–Kier alpha value is -0.350. The first-order valence-corrected chi connectivity index (χ1v) is 9.29. The van der Waals surface area contributed by atoms with Crippen LogP contribution in [0, 0.1) is 5.92 Å². The van der Waals surface area contributed by atoms with Crippen molar-refractivity contribution in [2.24, 2.45) is 5.92 Å². The van der Waals surface area contributed by atoms with Gasteiger partial charge < -0.3 is 10.2 Å². The van der Waals surface area contributed by atoms with E-state index in [-0.39, 0.29) is 0 Å². The highest BCUT2D eigenvalue weighted by molar-refractivity contribution is 6.31. The molecule has 2 atom stereocenters. The number of allylic oxidation sites excluding steroid dienone is 4. The van der Waals surface area contributed by atoms with Crippen LogP contribution in [0.4, 0.5) is 0 Å². The molecular formula is C18H30ClN3. The summed E-state index contributed by atoms with van der Waals surface area (Å²) in [5, 5.41) is 4.42. The molecule has 2 unspecified atom stereocenters. The molecule has 1 N–H and O–H groups in total. The summed E-state index contributed by atoms with van der Waals surface area (Å²) in [6.07, 6.45) is 12.9. The molecule has 0 radical (unpaired) electrons. The largest absolute Gasteiger partial charge is 0.317 e. The van der Waals surface area contributed by atoms with E-state index in [0.717, 1.165) is 17.5 Å². The van der Waals surface area contributed by atoms with E-state index in [2.05, 4.69) is 40.4 Å². The molecule has 4 heteroatoms. The van der Waals surface area contributed by atoms with Crippen LogP contribution in [0.5, 0.6) is 0 Å². The Bertz CT molecular complexity index is 415. The van der Waals surface area contributed by atoms with Crippen molar-refractivity contribution in [1.29, 1.82) is 0 Å². The van der Waals surface area contributed by atoms with Crippen molar-refractivity contribution >= 4 is 11.6 Å². The van der Waals surface area contributed by atoms with Crippen molar-refractivity contribution in [1.82, 2.24) is 15.1 Å². The van der Waals surface area contributed by atoms with E-state index in [1.54, 1.807) is 0 Å². The number of rotatable bonds is 3. The van der Waals surface area contributed by atoms with Crippen LogP contribution in [0.25, 0.3) is 0 Å². The van der Waals surface area contributed by atoms with E-state index in [0.29, 0.717) is 12.0 Å². The average Bonchev–Trinajstić information content (AvgIpc) is 2.72. The maximum Gasteiger partial charge on any atom is 0.0363 e. The molecule has 22 heavy (non-hydrogen) atoms. The predicted octanol–water partition coefficient (Wildman–Crippen LogP) is 2.83. The van der Waals surface area contributed by atoms with Gasteiger partial charge in [0, 0.05) is 23.7 Å². The molecule has 3 nitrogen and oxygen atoms in total. The highest BCUT2D eigenvalue weighted by Crippen LogP contribution is 2.28. The zero-order chi connectivity index (χ0) is 15.4. The van der Waals surface area contributed by atoms with Gasteiger partial charge in [-0.15, -0.1) is 0 Å². The lowest BCUT2D eigenvalue weighted by Gasteiger charge is -2.40. The normalized spacial score (nSPS) is 32.7. The predicted molar refractivity (Wildman–Crippen MR) is 94.3 cm³/mol. The summed E-state index contributed by atoms with van der Waals surface area (Å²) in [5.41, 5.74) is 0. The number of halogens is 1. The summed E-state index contributed by atoms with van der Waals surface area (Å²) in [6.45, 7) is 6.10. The van der Waals surface area contributed by atoms with E-state index in [1.165, 1.54) is 58.4 Å². The van der Waals surface area contributed by atoms with Gasteiger partial charge in [-0.2, -0.15) is 0 Å². The van der Waals surface area contributed by atoms with Gasteiger partial charge in [-0.25, -0.2) is 0 Å². The van der Waals surface area contributed by atoms with Crippen molar-refractivity contribution in [3.63, 3.8) is 0 Å². The molecule has 124 valence electrons. The van der Waals surface area contributed by atoms with Crippen molar-refractivity contribution in [2.75, 3.05) is 39.8 Å². The number of hydrogen-bond acceptors (Lipinski definition) is 3. The molecule has 2 fully saturated rings. The summed E-state index contributed by atoms with van der Waals surface area (Å²) in [7, 11) is 2.28. The second-order valence-electron chi connectivity index (χ2n) is 7.17. The fraction of sp³-hybridized carbons (Fsp3) is 0.778. The molecule has 2 saturated heterocycles. The molecule has 2 heterocycles. The van der Waals surface area contributed by atoms with Gasteiger partial charge in [-0.1, -0.05) is 23.8 Å². The maximum absolute atomic E-state index is 6.07. The van der Waals surface area contributed by atoms with Crippen molar-refractivity contribution < 1.29 is 0 Å². The third-order valence-electron chi connectivity index (χ3n) is 5.44. The van der Waals surface area contributed by atoms with Crippen LogP contribution in [0.3, 0.4) is 0 Å². The quantitative estimate of drug-likeness (QED) is 0.861. The summed E-state index contributed by atoms with van der Waals surface area (Å²) < 4.78 is 0. The van der Waals surface area contributed by atoms with E-state index in [4.69, 9.17) is 11.6 Å². The number of nitrogens with zero attached hydrogens (tertiary/aromatic N) is 2. The van der Waals surface area contributed by atoms with Crippen LogP contribution in [0.1, 0.15) is 32.1 Å². The SMILES string of the molecule is CN1CCCN(C2CCNCC2)C(CC2C=CC(Cl)=CC2)C1. The van der Waals surface area contributed by atoms with Crippen LogP contribution in [0.15, 0.2) is 23.3 Å². The minimum absolute atomic E-state index is 0.656. The van der Waals surface area contributed by atoms with Gasteiger partial charge in [0.1, 0.15) is 0 Å². The minimum atomic E-state index is 0.656. The lowest BCUT2D eigenvalue weighted by molar-refractivity contribution is 0.0958. The van der Waals surface area contributed by atoms with Crippen molar-refractivity contribution in [3.8, 4) is 0 Å². The first-order valence-electron chi connectivity index (χ1n) is 8.91. The van der Waals surface area contributed by atoms with Crippen LogP contribution in [0.2, 0.25) is 0 Å². The highest BCUT2D eigenvalue weighted by atomic mass is 35.5. The molecule has 0 saturated carbocycles. The third kappa shape index (κ3) is 4.35. The van der Waals surface area contributed by atoms with E-state index in [1.807, 2.05) is 0 Å². The zero-order valence-electron chi connectivity index (χ0n) is 13.8. The molecular weight excluding hydrogens is 294 g/mol. The van der Waals surface area contributed by atoms with E-state index in [9.17, 15) is 0 Å². The van der Waals surface area contributed by atoms with Gasteiger partial charge in [-0.05, 0) is 77.3 Å².